The number of nitrogens with two attached hydrogens (primary N) is 2. The number of benzene rings is 2. The van der Waals surface area contributed by atoms with E-state index in [1.165, 1.54) is 47.0 Å². The first-order chi connectivity index (χ1) is 37.2. The number of aromatic nitrogens is 4. The highest BCUT2D eigenvalue weighted by atomic mass is 33.1. The van der Waals surface area contributed by atoms with Crippen LogP contribution in [0.25, 0.3) is 16.7 Å². The highest BCUT2D eigenvalue weighted by molar-refractivity contribution is 8.76. The van der Waals surface area contributed by atoms with Gasteiger partial charge in [-0.15, -0.1) is 0 Å². The Balaban J connectivity index is 0.762. The number of ether oxygens (including phenoxy) is 2. The molecular formula is C47H57N15O14S2. The fraction of sp³-hybridized carbons (Fsp3) is 0.404. The van der Waals surface area contributed by atoms with Crippen LogP contribution in [0.3, 0.4) is 0 Å². The minimum Gasteiger partial charge on any atom is -0.505 e. The van der Waals surface area contributed by atoms with Crippen molar-refractivity contribution in [3.63, 3.8) is 0 Å². The number of anilines is 4. The molecule has 7 rings (SSSR count). The van der Waals surface area contributed by atoms with Crippen LogP contribution in [-0.4, -0.2) is 156 Å². The van der Waals surface area contributed by atoms with Crippen molar-refractivity contribution in [3.8, 4) is 11.5 Å². The lowest BCUT2D eigenvalue weighted by atomic mass is 9.94. The van der Waals surface area contributed by atoms with E-state index in [2.05, 4.69) is 62.4 Å². The van der Waals surface area contributed by atoms with E-state index in [-0.39, 0.29) is 95.6 Å². The molecule has 2 saturated heterocycles. The Morgan fingerprint density at radius 3 is 2.38 bits per heavy atom. The van der Waals surface area contributed by atoms with Crippen molar-refractivity contribution in [1.82, 2.24) is 46.6 Å². The summed E-state index contributed by atoms with van der Waals surface area (Å²) in [7, 11) is 4.39. The number of hydrogen-bond donors (Lipinski definition) is 14. The van der Waals surface area contributed by atoms with Crippen molar-refractivity contribution < 1.29 is 63.5 Å². The van der Waals surface area contributed by atoms with Gasteiger partial charge in [0.2, 0.25) is 23.7 Å². The van der Waals surface area contributed by atoms with E-state index in [1.807, 2.05) is 4.90 Å². The zero-order chi connectivity index (χ0) is 56.4. The number of rotatable bonds is 27. The summed E-state index contributed by atoms with van der Waals surface area (Å²) in [5.41, 5.74) is 14.7. The largest absolute Gasteiger partial charge is 0.505 e. The number of carboxylic acids is 2. The number of hydrazone groups is 1. The molecule has 4 aromatic rings. The minimum absolute atomic E-state index is 0.00572. The molecule has 0 saturated carbocycles. The fourth-order valence-corrected chi connectivity index (χ4v) is 10.6. The Morgan fingerprint density at radius 1 is 0.949 bits per heavy atom. The predicted octanol–water partition coefficient (Wildman–Crippen LogP) is 0.385. The van der Waals surface area contributed by atoms with E-state index in [4.69, 9.17) is 20.9 Å². The first-order valence-electron chi connectivity index (χ1n) is 24.0. The van der Waals surface area contributed by atoms with Crippen LogP contribution in [0, 0.1) is 6.92 Å². The molecule has 2 fully saturated rings. The number of carboxylic acid groups (broad SMARTS) is 2. The molecule has 0 radical (unpaired) electrons. The molecule has 3 aliphatic heterocycles. The van der Waals surface area contributed by atoms with Gasteiger partial charge in [-0.25, -0.2) is 29.8 Å². The van der Waals surface area contributed by atoms with E-state index in [9.17, 15) is 58.8 Å². The van der Waals surface area contributed by atoms with E-state index >= 15 is 0 Å². The normalized spacial score (nSPS) is 18.2. The van der Waals surface area contributed by atoms with Gasteiger partial charge in [-0.1, -0.05) is 21.6 Å². The molecule has 16 N–H and O–H groups in total. The number of phenolic OH excluding ortho intramolecular Hbond substituents is 2. The Morgan fingerprint density at radius 2 is 1.68 bits per heavy atom. The SMILES string of the molecule is CO[C@@]12C(=COC(N)=O)c3c(O)c(NCCSSCCC(=O)NN=C(C)CCC(=O)NCC(NC(=O)CCC(NC(=O)c4ccc(NCc5cnc6nc(N)[nH]c(=O)c6n5)cc4)C(=O)O)C(=O)O)c(C)c(O)c3N1C[C@@H]1N[C@@H]12. The van der Waals surface area contributed by atoms with Crippen molar-refractivity contribution in [2.45, 2.75) is 82.4 Å². The molecule has 2 aromatic heterocycles. The monoisotopic (exact) mass is 1120 g/mol. The highest BCUT2D eigenvalue weighted by Crippen LogP contribution is 2.63. The molecule has 29 nitrogen and oxygen atoms in total. The van der Waals surface area contributed by atoms with Gasteiger partial charge in [0, 0.05) is 86.1 Å². The number of H-pyrrole nitrogens is 1. The number of nitrogens with one attached hydrogen (secondary N) is 8. The maximum atomic E-state index is 12.9. The van der Waals surface area contributed by atoms with Crippen molar-refractivity contribution in [1.29, 1.82) is 0 Å². The standard InChI is InChI=1S/C47H57N15O14S2/c1-21(60-61-32(65)12-14-77-78-15-13-50-34-22(2)37(66)36-33(38(34)67)26(20-76-46(49)74)47(75-3)39-29(56-39)19-62(36)47)4-10-30(63)52-18-28(44(72)73)55-31(64)11-9-27(43(70)71)57-41(68)23-5-7-24(8-6-23)51-16-25-17-53-40-35(54-25)42(69)59-45(48)58-40/h5-8,17,20,27-29,39,50-51,56,66-67H,4,9-16,18-19H2,1-3H3,(H2,49,74)(H,52,63)(H,55,64)(H,57,68)(H,61,65)(H,70,71)(H,72,73)(H3,48,53,58,59,69)/t27?,28?,29-,39-,47+/m0/s1. The summed E-state index contributed by atoms with van der Waals surface area (Å²) in [5, 5.41) is 63.0. The molecule has 416 valence electrons. The molecule has 2 aromatic carbocycles. The number of piperazine rings is 1. The summed E-state index contributed by atoms with van der Waals surface area (Å²) < 4.78 is 11.0. The molecule has 0 spiro atoms. The summed E-state index contributed by atoms with van der Waals surface area (Å²) in [5.74, 6) is -4.79. The lowest BCUT2D eigenvalue weighted by Gasteiger charge is -2.35. The molecule has 3 aliphatic rings. The fourth-order valence-electron chi connectivity index (χ4n) is 8.71. The Kier molecular flexibility index (Phi) is 18.5. The number of primary amides is 1. The molecule has 0 aliphatic carbocycles. The third kappa shape index (κ3) is 13.4. The van der Waals surface area contributed by atoms with Crippen molar-refractivity contribution >= 4 is 109 Å². The Hall–Kier alpha value is -8.42. The van der Waals surface area contributed by atoms with Crippen LogP contribution in [-0.2, 0) is 40.0 Å². The quantitative estimate of drug-likeness (QED) is 0.00561. The molecule has 78 heavy (non-hydrogen) atoms. The number of carbonyl (C=O) groups is 7. The number of aromatic hydroxyl groups is 2. The second-order valence-corrected chi connectivity index (χ2v) is 20.6. The third-order valence-corrected chi connectivity index (χ3v) is 15.1. The number of aromatic amines is 1. The molecule has 0 bridgehead atoms. The number of hydrogen-bond acceptors (Lipinski definition) is 23. The molecule has 2 unspecified atom stereocenters. The summed E-state index contributed by atoms with van der Waals surface area (Å²) in [6, 6.07) is 2.79. The van der Waals surface area contributed by atoms with Crippen LogP contribution in [0.4, 0.5) is 27.8 Å². The molecule has 5 amide bonds. The maximum Gasteiger partial charge on any atom is 0.409 e. The number of phenols is 2. The molecule has 31 heteroatoms. The average Bonchev–Trinajstić information content (AvgIpc) is 3.01. The lowest BCUT2D eigenvalue weighted by molar-refractivity contribution is -0.142. The topological polar surface area (TPSA) is 452 Å². The van der Waals surface area contributed by atoms with Gasteiger partial charge in [0.25, 0.3) is 11.5 Å². The van der Waals surface area contributed by atoms with Crippen molar-refractivity contribution in [2.75, 3.05) is 59.5 Å². The first-order valence-corrected chi connectivity index (χ1v) is 26.5. The Labute approximate surface area is 450 Å². The Bertz CT molecular complexity index is 3130. The molecular weight excluding hydrogens is 1060 g/mol. The predicted molar refractivity (Wildman–Crippen MR) is 286 cm³/mol. The van der Waals surface area contributed by atoms with Gasteiger partial charge in [0.05, 0.1) is 47.0 Å². The van der Waals surface area contributed by atoms with Gasteiger partial charge in [0.15, 0.2) is 16.9 Å². The van der Waals surface area contributed by atoms with Crippen molar-refractivity contribution in [2.24, 2.45) is 10.8 Å². The van der Waals surface area contributed by atoms with E-state index in [0.29, 0.717) is 58.5 Å². The van der Waals surface area contributed by atoms with Gasteiger partial charge in [-0.2, -0.15) is 10.1 Å². The summed E-state index contributed by atoms with van der Waals surface area (Å²) >= 11 is 0. The number of amides is 5. The highest BCUT2D eigenvalue weighted by Gasteiger charge is 2.70. The number of carbonyl (C=O) groups excluding carboxylic acids is 5. The summed E-state index contributed by atoms with van der Waals surface area (Å²) in [4.78, 5) is 115. The first kappa shape index (κ1) is 57.3. The molecule has 5 heterocycles. The number of fused-ring (bicyclic) bond motifs is 6. The zero-order valence-electron chi connectivity index (χ0n) is 42.1. The molecule has 5 atom stereocenters. The van der Waals surface area contributed by atoms with Crippen LogP contribution >= 0.6 is 21.6 Å². The van der Waals surface area contributed by atoms with Crippen LogP contribution in [0.1, 0.15) is 66.2 Å². The number of nitrogens with zero attached hydrogens (tertiary/aromatic N) is 5. The number of aliphatic carboxylic acids is 2. The average molecular weight is 1120 g/mol. The van der Waals surface area contributed by atoms with Crippen LogP contribution in [0.15, 0.2) is 46.6 Å². The lowest BCUT2D eigenvalue weighted by Crippen LogP contribution is -2.50. The third-order valence-electron chi connectivity index (χ3n) is 12.7. The minimum atomic E-state index is -1.56. The van der Waals surface area contributed by atoms with Gasteiger partial charge in [-0.05, 0) is 51.0 Å². The van der Waals surface area contributed by atoms with Gasteiger partial charge in [-0.3, -0.25) is 29.0 Å². The van der Waals surface area contributed by atoms with Crippen LogP contribution in [0.5, 0.6) is 11.5 Å². The van der Waals surface area contributed by atoms with Crippen LogP contribution < -0.4 is 59.3 Å². The van der Waals surface area contributed by atoms with Crippen molar-refractivity contribution in [3.05, 3.63) is 69.5 Å². The summed E-state index contributed by atoms with van der Waals surface area (Å²) in [6.07, 6.45) is 0.742. The second kappa shape index (κ2) is 25.2. The maximum absolute atomic E-state index is 12.9. The smallest absolute Gasteiger partial charge is 0.409 e. The second-order valence-electron chi connectivity index (χ2n) is 17.9. The summed E-state index contributed by atoms with van der Waals surface area (Å²) in [6.45, 7) is 3.76. The van der Waals surface area contributed by atoms with Crippen LogP contribution in [0.2, 0.25) is 0 Å². The number of methoxy groups -OCH3 is 1. The van der Waals surface area contributed by atoms with Gasteiger partial charge >= 0.3 is 18.0 Å². The van der Waals surface area contributed by atoms with E-state index in [0.717, 1.165) is 6.26 Å². The van der Waals surface area contributed by atoms with E-state index in [1.54, 1.807) is 26.0 Å². The zero-order valence-corrected chi connectivity index (χ0v) is 43.8. The van der Waals surface area contributed by atoms with Gasteiger partial charge in [0.1, 0.15) is 29.8 Å². The van der Waals surface area contributed by atoms with Gasteiger partial charge < -0.3 is 78.2 Å². The van der Waals surface area contributed by atoms with E-state index < -0.39 is 72.1 Å². The number of nitrogen functional groups attached to an aromatic ring is 1.